The van der Waals surface area contributed by atoms with Crippen LogP contribution in [0.25, 0.3) is 22.2 Å². The number of halogens is 3. The van der Waals surface area contributed by atoms with Crippen molar-refractivity contribution in [2.24, 2.45) is 7.05 Å². The number of nitrogens with zero attached hydrogens (tertiary/aromatic N) is 2. The van der Waals surface area contributed by atoms with Gasteiger partial charge in [0.05, 0.1) is 11.3 Å². The summed E-state index contributed by atoms with van der Waals surface area (Å²) >= 11 is 0. The summed E-state index contributed by atoms with van der Waals surface area (Å²) in [6, 6.07) is 15.7. The van der Waals surface area contributed by atoms with Crippen LogP contribution < -0.4 is 5.32 Å². The van der Waals surface area contributed by atoms with Crippen LogP contribution in [0.4, 0.5) is 18.9 Å². The number of anilines is 1. The van der Waals surface area contributed by atoms with E-state index in [1.54, 1.807) is 6.07 Å². The topological polar surface area (TPSA) is 46.9 Å². The number of aryl methyl sites for hydroxylation is 1. The number of carbonyl (C=O) groups excluding carboxylic acids is 1. The molecule has 0 fully saturated rings. The predicted octanol–water partition coefficient (Wildman–Crippen LogP) is 5.51. The quantitative estimate of drug-likeness (QED) is 0.497. The van der Waals surface area contributed by atoms with Gasteiger partial charge in [-0.2, -0.15) is 13.2 Å². The molecular weight excluding hydrogens is 379 g/mol. The van der Waals surface area contributed by atoms with E-state index in [2.05, 4.69) is 10.3 Å². The molecule has 0 aliphatic heterocycles. The molecule has 4 rings (SSSR count). The van der Waals surface area contributed by atoms with Crippen molar-refractivity contribution in [1.29, 1.82) is 0 Å². The van der Waals surface area contributed by atoms with Crippen molar-refractivity contribution in [2.45, 2.75) is 6.18 Å². The van der Waals surface area contributed by atoms with Gasteiger partial charge in [-0.1, -0.05) is 12.1 Å². The Morgan fingerprint density at radius 1 is 1.03 bits per heavy atom. The van der Waals surface area contributed by atoms with E-state index in [1.165, 1.54) is 36.5 Å². The third-order valence-corrected chi connectivity index (χ3v) is 4.68. The molecule has 0 aliphatic carbocycles. The maximum Gasteiger partial charge on any atom is 0.418 e. The van der Waals surface area contributed by atoms with Crippen LogP contribution in [0.15, 0.2) is 73.1 Å². The zero-order valence-electron chi connectivity index (χ0n) is 15.4. The minimum atomic E-state index is -4.50. The highest BCUT2D eigenvalue weighted by molar-refractivity contribution is 6.05. The van der Waals surface area contributed by atoms with Crippen molar-refractivity contribution < 1.29 is 18.0 Å². The number of pyridine rings is 1. The molecule has 146 valence electrons. The molecule has 0 unspecified atom stereocenters. The van der Waals surface area contributed by atoms with Gasteiger partial charge in [-0.05, 0) is 48.5 Å². The summed E-state index contributed by atoms with van der Waals surface area (Å²) in [5, 5.41) is 3.81. The maximum absolute atomic E-state index is 13.2. The summed E-state index contributed by atoms with van der Waals surface area (Å²) in [6.07, 6.45) is -1.26. The lowest BCUT2D eigenvalue weighted by atomic mass is 10.0. The van der Waals surface area contributed by atoms with Crippen molar-refractivity contribution in [3.05, 3.63) is 84.2 Å². The van der Waals surface area contributed by atoms with Crippen LogP contribution in [0, 0.1) is 0 Å². The van der Waals surface area contributed by atoms with Gasteiger partial charge in [0.25, 0.3) is 5.91 Å². The molecular formula is C22H16F3N3O. The highest BCUT2D eigenvalue weighted by atomic mass is 19.4. The van der Waals surface area contributed by atoms with Gasteiger partial charge >= 0.3 is 6.18 Å². The smallest absolute Gasteiger partial charge is 0.351 e. The van der Waals surface area contributed by atoms with Crippen LogP contribution in [-0.2, 0) is 13.2 Å². The molecule has 4 aromatic rings. The first-order valence-electron chi connectivity index (χ1n) is 8.82. The Morgan fingerprint density at radius 2 is 1.79 bits per heavy atom. The van der Waals surface area contributed by atoms with Gasteiger partial charge in [0.15, 0.2) is 0 Å². The molecule has 0 atom stereocenters. The summed E-state index contributed by atoms with van der Waals surface area (Å²) in [5.41, 5.74) is 1.34. The van der Waals surface area contributed by atoms with E-state index in [0.29, 0.717) is 16.8 Å². The van der Waals surface area contributed by atoms with E-state index >= 15 is 0 Å². The number of benzene rings is 2. The van der Waals surface area contributed by atoms with Gasteiger partial charge in [-0.15, -0.1) is 0 Å². The molecule has 2 aromatic heterocycles. The second-order valence-electron chi connectivity index (χ2n) is 6.63. The lowest BCUT2D eigenvalue weighted by Gasteiger charge is -2.12. The van der Waals surface area contributed by atoms with E-state index in [9.17, 15) is 18.0 Å². The van der Waals surface area contributed by atoms with E-state index < -0.39 is 11.7 Å². The Hall–Kier alpha value is -3.61. The van der Waals surface area contributed by atoms with Gasteiger partial charge in [0.1, 0.15) is 0 Å². The van der Waals surface area contributed by atoms with Crippen molar-refractivity contribution in [1.82, 2.24) is 9.55 Å². The molecule has 0 aliphatic rings. The van der Waals surface area contributed by atoms with Gasteiger partial charge in [0.2, 0.25) is 0 Å². The fourth-order valence-electron chi connectivity index (χ4n) is 3.21. The van der Waals surface area contributed by atoms with Crippen molar-refractivity contribution in [3.63, 3.8) is 0 Å². The number of amides is 1. The molecule has 0 saturated heterocycles. The first-order valence-corrected chi connectivity index (χ1v) is 8.82. The third kappa shape index (κ3) is 3.71. The third-order valence-electron chi connectivity index (χ3n) is 4.68. The Bertz CT molecular complexity index is 1190. The normalized spacial score (nSPS) is 11.6. The summed E-state index contributed by atoms with van der Waals surface area (Å²) in [4.78, 5) is 16.4. The zero-order valence-corrected chi connectivity index (χ0v) is 15.4. The number of fused-ring (bicyclic) bond motifs is 1. The monoisotopic (exact) mass is 395 g/mol. The maximum atomic E-state index is 13.2. The second-order valence-corrected chi connectivity index (χ2v) is 6.63. The van der Waals surface area contributed by atoms with E-state index in [1.807, 2.05) is 36.0 Å². The molecule has 1 N–H and O–H groups in total. The van der Waals surface area contributed by atoms with E-state index in [4.69, 9.17) is 0 Å². The Morgan fingerprint density at radius 3 is 2.52 bits per heavy atom. The number of aromatic nitrogens is 2. The molecule has 7 heteroatoms. The zero-order chi connectivity index (χ0) is 20.6. The fourth-order valence-corrected chi connectivity index (χ4v) is 3.21. The minimum Gasteiger partial charge on any atom is -0.351 e. The van der Waals surface area contributed by atoms with Crippen molar-refractivity contribution in [2.75, 3.05) is 5.32 Å². The van der Waals surface area contributed by atoms with Crippen LogP contribution in [0.1, 0.15) is 15.9 Å². The van der Waals surface area contributed by atoms with Crippen LogP contribution in [0.3, 0.4) is 0 Å². The van der Waals surface area contributed by atoms with E-state index in [0.717, 1.165) is 17.0 Å². The Balaban J connectivity index is 1.57. The summed E-state index contributed by atoms with van der Waals surface area (Å²) < 4.78 is 41.6. The molecule has 2 aromatic carbocycles. The first kappa shape index (κ1) is 18.7. The lowest BCUT2D eigenvalue weighted by molar-refractivity contribution is -0.137. The van der Waals surface area contributed by atoms with Crippen LogP contribution >= 0.6 is 0 Å². The van der Waals surface area contributed by atoms with Crippen molar-refractivity contribution >= 4 is 22.5 Å². The number of rotatable bonds is 3. The van der Waals surface area contributed by atoms with Gasteiger partial charge in [0, 0.05) is 47.2 Å². The molecule has 29 heavy (non-hydrogen) atoms. The highest BCUT2D eigenvalue weighted by Gasteiger charge is 2.34. The predicted molar refractivity (Wildman–Crippen MR) is 106 cm³/mol. The number of alkyl halides is 3. The molecule has 0 saturated carbocycles. The number of nitrogens with one attached hydrogen (secondary N) is 1. The molecule has 2 heterocycles. The summed E-state index contributed by atoms with van der Waals surface area (Å²) in [6.45, 7) is 0. The second kappa shape index (κ2) is 7.09. The minimum absolute atomic E-state index is 0.165. The van der Waals surface area contributed by atoms with Crippen molar-refractivity contribution in [3.8, 4) is 11.3 Å². The first-order chi connectivity index (χ1) is 13.8. The molecule has 4 nitrogen and oxygen atoms in total. The Labute approximate surface area is 164 Å². The molecule has 1 amide bonds. The number of hydrogen-bond donors (Lipinski definition) is 1. The van der Waals surface area contributed by atoms with E-state index in [-0.39, 0.29) is 11.6 Å². The average molecular weight is 395 g/mol. The largest absolute Gasteiger partial charge is 0.418 e. The standard InChI is InChI=1S/C22H16F3N3O/c1-28-12-10-16-13-17(8-9-19(16)28)27-21(29)15-6-4-14(5-7-15)20-18(22(23,24)25)3-2-11-26-20/h2-13H,1H3,(H,27,29). The lowest BCUT2D eigenvalue weighted by Crippen LogP contribution is -2.12. The molecule has 0 bridgehead atoms. The molecule has 0 radical (unpaired) electrons. The summed E-state index contributed by atoms with van der Waals surface area (Å²) in [5.74, 6) is -0.344. The van der Waals surface area contributed by atoms with Crippen LogP contribution in [-0.4, -0.2) is 15.5 Å². The van der Waals surface area contributed by atoms with Gasteiger partial charge < -0.3 is 9.88 Å². The van der Waals surface area contributed by atoms with Crippen LogP contribution in [0.2, 0.25) is 0 Å². The average Bonchev–Trinajstić information content (AvgIpc) is 3.08. The number of carbonyl (C=O) groups is 1. The Kier molecular flexibility index (Phi) is 4.58. The fraction of sp³-hybridized carbons (Fsp3) is 0.0909. The SMILES string of the molecule is Cn1ccc2cc(NC(=O)c3ccc(-c4ncccc4C(F)(F)F)cc3)ccc21. The summed E-state index contributed by atoms with van der Waals surface area (Å²) in [7, 11) is 1.94. The molecule has 0 spiro atoms. The van der Waals surface area contributed by atoms with Gasteiger partial charge in [-0.25, -0.2) is 0 Å². The number of hydrogen-bond acceptors (Lipinski definition) is 2. The highest BCUT2D eigenvalue weighted by Crippen LogP contribution is 2.35. The van der Waals surface area contributed by atoms with Gasteiger partial charge in [-0.3, -0.25) is 9.78 Å². The van der Waals surface area contributed by atoms with Crippen LogP contribution in [0.5, 0.6) is 0 Å².